The van der Waals surface area contributed by atoms with Crippen molar-refractivity contribution in [3.63, 3.8) is 0 Å². The van der Waals surface area contributed by atoms with Gasteiger partial charge in [0.1, 0.15) is 4.90 Å². The van der Waals surface area contributed by atoms with Gasteiger partial charge in [0, 0.05) is 43.6 Å². The predicted molar refractivity (Wildman–Crippen MR) is 112 cm³/mol. The van der Waals surface area contributed by atoms with E-state index in [4.69, 9.17) is 5.73 Å². The van der Waals surface area contributed by atoms with Gasteiger partial charge in [0.05, 0.1) is 6.20 Å². The number of carbonyl (C=O) groups is 2. The normalized spacial score (nSPS) is 14.0. The van der Waals surface area contributed by atoms with Crippen LogP contribution in [0, 0.1) is 0 Å². The van der Waals surface area contributed by atoms with Crippen LogP contribution in [0.5, 0.6) is 0 Å². The molecule has 0 aliphatic carbocycles. The van der Waals surface area contributed by atoms with Crippen molar-refractivity contribution in [1.82, 2.24) is 14.9 Å². The zero-order valence-electron chi connectivity index (χ0n) is 16.6. The number of primary amides is 1. The van der Waals surface area contributed by atoms with Gasteiger partial charge in [-0.05, 0) is 37.1 Å². The molecule has 0 saturated carbocycles. The summed E-state index contributed by atoms with van der Waals surface area (Å²) in [7, 11) is -3.53. The lowest BCUT2D eigenvalue weighted by Gasteiger charge is -2.16. The van der Waals surface area contributed by atoms with Gasteiger partial charge in [-0.1, -0.05) is 0 Å². The molecule has 4 N–H and O–H groups in total. The van der Waals surface area contributed by atoms with Crippen LogP contribution in [0.4, 0.5) is 17.5 Å². The minimum absolute atomic E-state index is 0.00521. The van der Waals surface area contributed by atoms with Gasteiger partial charge < -0.3 is 21.3 Å². The fraction of sp³-hybridized carbons (Fsp3) is 0.368. The van der Waals surface area contributed by atoms with Gasteiger partial charge in [-0.2, -0.15) is 4.98 Å². The quantitative estimate of drug-likeness (QED) is 0.500. The van der Waals surface area contributed by atoms with Crippen LogP contribution in [-0.2, 0) is 14.6 Å². The average Bonchev–Trinajstić information content (AvgIpc) is 3.10. The Labute approximate surface area is 174 Å². The van der Waals surface area contributed by atoms with Crippen molar-refractivity contribution < 1.29 is 18.0 Å². The van der Waals surface area contributed by atoms with Crippen LogP contribution < -0.4 is 16.4 Å². The molecule has 0 spiro atoms. The number of rotatable bonds is 9. The van der Waals surface area contributed by atoms with Crippen molar-refractivity contribution in [1.29, 1.82) is 0 Å². The molecule has 1 saturated heterocycles. The number of aromatic nitrogens is 2. The molecule has 1 aromatic carbocycles. The number of benzene rings is 1. The summed E-state index contributed by atoms with van der Waals surface area (Å²) in [4.78, 5) is 33.0. The molecule has 11 heteroatoms. The Kier molecular flexibility index (Phi) is 6.50. The minimum atomic E-state index is -3.53. The number of hydrogen-bond acceptors (Lipinski definition) is 8. The molecule has 1 fully saturated rings. The van der Waals surface area contributed by atoms with Crippen molar-refractivity contribution in [2.75, 3.05) is 36.5 Å². The van der Waals surface area contributed by atoms with Crippen LogP contribution >= 0.6 is 0 Å². The van der Waals surface area contributed by atoms with Gasteiger partial charge in [0.15, 0.2) is 15.7 Å². The summed E-state index contributed by atoms with van der Waals surface area (Å²) in [5.41, 5.74) is 6.21. The van der Waals surface area contributed by atoms with Crippen molar-refractivity contribution in [2.45, 2.75) is 24.2 Å². The molecule has 0 bridgehead atoms. The van der Waals surface area contributed by atoms with E-state index in [2.05, 4.69) is 20.6 Å². The number of nitrogens with zero attached hydrogens (tertiary/aromatic N) is 3. The van der Waals surface area contributed by atoms with E-state index in [1.54, 1.807) is 24.3 Å². The van der Waals surface area contributed by atoms with E-state index < -0.39 is 15.7 Å². The number of sulfone groups is 1. The average molecular weight is 433 g/mol. The van der Waals surface area contributed by atoms with E-state index in [9.17, 15) is 18.0 Å². The first-order valence-corrected chi connectivity index (χ1v) is 11.4. The summed E-state index contributed by atoms with van der Waals surface area (Å²) >= 11 is 0. The van der Waals surface area contributed by atoms with E-state index >= 15 is 0 Å². The number of anilines is 3. The van der Waals surface area contributed by atoms with Crippen molar-refractivity contribution in [3.8, 4) is 0 Å². The van der Waals surface area contributed by atoms with Crippen molar-refractivity contribution >= 4 is 39.1 Å². The molecular weight excluding hydrogens is 408 g/mol. The van der Waals surface area contributed by atoms with Crippen molar-refractivity contribution in [3.05, 3.63) is 36.0 Å². The first kappa shape index (κ1) is 21.5. The largest absolute Gasteiger partial charge is 0.369 e. The predicted octanol–water partition coefficient (Wildman–Crippen LogP) is 1.15. The minimum Gasteiger partial charge on any atom is -0.369 e. The topological polar surface area (TPSA) is 147 Å². The number of amides is 2. The number of carbonyl (C=O) groups excluding carboxylic acids is 2. The highest BCUT2D eigenvalue weighted by atomic mass is 32.2. The Balaban J connectivity index is 1.69. The molecule has 1 aromatic heterocycles. The van der Waals surface area contributed by atoms with E-state index in [0.29, 0.717) is 37.2 Å². The van der Waals surface area contributed by atoms with Gasteiger partial charge in [-0.3, -0.25) is 9.59 Å². The molecule has 160 valence electrons. The first-order chi connectivity index (χ1) is 14.2. The van der Waals surface area contributed by atoms with Crippen molar-refractivity contribution in [2.24, 2.45) is 5.73 Å². The highest BCUT2D eigenvalue weighted by Gasteiger charge is 2.20. The molecule has 30 heavy (non-hydrogen) atoms. The Bertz CT molecular complexity index is 1040. The van der Waals surface area contributed by atoms with Crippen LogP contribution in [0.2, 0.25) is 0 Å². The summed E-state index contributed by atoms with van der Waals surface area (Å²) in [6.07, 6.45) is 4.47. The lowest BCUT2D eigenvalue weighted by atomic mass is 10.2. The molecule has 2 heterocycles. The molecule has 2 aromatic rings. The Morgan fingerprint density at radius 1 is 1.27 bits per heavy atom. The Morgan fingerprint density at radius 3 is 2.60 bits per heavy atom. The molecule has 0 unspecified atom stereocenters. The van der Waals surface area contributed by atoms with Crippen LogP contribution in [0.15, 0.2) is 35.4 Å². The first-order valence-electron chi connectivity index (χ1n) is 9.49. The van der Waals surface area contributed by atoms with Crippen LogP contribution in [0.1, 0.15) is 29.6 Å². The summed E-state index contributed by atoms with van der Waals surface area (Å²) in [5, 5.41) is 6.01. The van der Waals surface area contributed by atoms with E-state index in [-0.39, 0.29) is 22.6 Å². The summed E-state index contributed by atoms with van der Waals surface area (Å²) in [6, 6.07) is 6.42. The standard InChI is InChI=1S/C19H24N6O4S/c1-30(28,29)15-12-22-19(23-14-7-5-13(6-8-14)17(20)27)24-18(15)21-9-3-11-25-10-2-4-16(25)26/h5-8,12H,2-4,9-11H2,1H3,(H2,20,27)(H2,21,22,23,24). The molecule has 10 nitrogen and oxygen atoms in total. The third-order valence-electron chi connectivity index (χ3n) is 4.65. The summed E-state index contributed by atoms with van der Waals surface area (Å²) in [6.45, 7) is 1.84. The number of hydrogen-bond donors (Lipinski definition) is 3. The highest BCUT2D eigenvalue weighted by Crippen LogP contribution is 2.22. The lowest BCUT2D eigenvalue weighted by molar-refractivity contribution is -0.127. The van der Waals surface area contributed by atoms with Crippen LogP contribution in [0.3, 0.4) is 0 Å². The lowest BCUT2D eigenvalue weighted by Crippen LogP contribution is -2.27. The molecule has 0 atom stereocenters. The second-order valence-corrected chi connectivity index (χ2v) is 8.99. The fourth-order valence-electron chi connectivity index (χ4n) is 3.09. The molecule has 3 rings (SSSR count). The van der Waals surface area contributed by atoms with E-state index in [1.165, 1.54) is 6.20 Å². The molecule has 1 aliphatic heterocycles. The third kappa shape index (κ3) is 5.44. The number of nitrogens with two attached hydrogens (primary N) is 1. The Morgan fingerprint density at radius 2 is 2.00 bits per heavy atom. The summed E-state index contributed by atoms with van der Waals surface area (Å²) in [5.74, 6) is 0.0167. The zero-order chi connectivity index (χ0) is 21.7. The van der Waals surface area contributed by atoms with Gasteiger partial charge >= 0.3 is 0 Å². The molecular formula is C19H24N6O4S. The SMILES string of the molecule is CS(=O)(=O)c1cnc(Nc2ccc(C(N)=O)cc2)nc1NCCCN1CCCC1=O. The van der Waals surface area contributed by atoms with Gasteiger partial charge in [-0.15, -0.1) is 0 Å². The number of nitrogens with one attached hydrogen (secondary N) is 2. The monoisotopic (exact) mass is 432 g/mol. The van der Waals surface area contributed by atoms with Gasteiger partial charge in [0.2, 0.25) is 17.8 Å². The van der Waals surface area contributed by atoms with E-state index in [1.807, 2.05) is 4.90 Å². The third-order valence-corrected chi connectivity index (χ3v) is 5.75. The zero-order valence-corrected chi connectivity index (χ0v) is 17.4. The molecule has 2 amide bonds. The Hall–Kier alpha value is -3.21. The maximum absolute atomic E-state index is 12.1. The molecule has 1 aliphatic rings. The van der Waals surface area contributed by atoms with E-state index in [0.717, 1.165) is 19.2 Å². The maximum Gasteiger partial charge on any atom is 0.248 e. The second kappa shape index (κ2) is 9.08. The number of likely N-dealkylation sites (tertiary alicyclic amines) is 1. The van der Waals surface area contributed by atoms with Crippen LogP contribution in [0.25, 0.3) is 0 Å². The smallest absolute Gasteiger partial charge is 0.248 e. The summed E-state index contributed by atoms with van der Waals surface area (Å²) < 4.78 is 24.1. The molecule has 0 radical (unpaired) electrons. The second-order valence-electron chi connectivity index (χ2n) is 7.01. The van der Waals surface area contributed by atoms with Gasteiger partial charge in [-0.25, -0.2) is 13.4 Å². The highest BCUT2D eigenvalue weighted by molar-refractivity contribution is 7.90. The van der Waals surface area contributed by atoms with Gasteiger partial charge in [0.25, 0.3) is 0 Å². The fourth-order valence-corrected chi connectivity index (χ4v) is 3.81. The van der Waals surface area contributed by atoms with Crippen LogP contribution in [-0.4, -0.2) is 61.0 Å². The maximum atomic E-state index is 12.1.